The number of hydrogen-bond donors (Lipinski definition) is 1. The number of benzene rings is 1. The summed E-state index contributed by atoms with van der Waals surface area (Å²) in [4.78, 5) is 14.8. The van der Waals surface area contributed by atoms with Crippen LogP contribution in [-0.4, -0.2) is 43.2 Å². The molecule has 0 aliphatic carbocycles. The normalized spacial score (nSPS) is 18.3. The lowest BCUT2D eigenvalue weighted by Crippen LogP contribution is -2.47. The van der Waals surface area contributed by atoms with Gasteiger partial charge in [-0.05, 0) is 26.3 Å². The zero-order valence-electron chi connectivity index (χ0n) is 15.2. The maximum atomic E-state index is 12.5. The van der Waals surface area contributed by atoms with Crippen molar-refractivity contribution in [1.82, 2.24) is 10.2 Å². The molecule has 1 amide bonds. The van der Waals surface area contributed by atoms with Crippen LogP contribution < -0.4 is 5.32 Å². The van der Waals surface area contributed by atoms with E-state index in [4.69, 9.17) is 9.15 Å². The number of rotatable bonds is 5. The van der Waals surface area contributed by atoms with Crippen molar-refractivity contribution in [3.63, 3.8) is 0 Å². The van der Waals surface area contributed by atoms with Gasteiger partial charge in [-0.1, -0.05) is 30.3 Å². The number of carbonyl (C=O) groups is 1. The molecule has 0 unspecified atom stereocenters. The summed E-state index contributed by atoms with van der Waals surface area (Å²) in [5.74, 6) is 1.38. The molecular formula is C20H26N2O3. The largest absolute Gasteiger partial charge is 0.466 e. The minimum atomic E-state index is -0.0874. The zero-order chi connectivity index (χ0) is 17.8. The van der Waals surface area contributed by atoms with Crippen molar-refractivity contribution in [2.24, 2.45) is 0 Å². The van der Waals surface area contributed by atoms with Gasteiger partial charge < -0.3 is 14.5 Å². The molecule has 1 aliphatic heterocycles. The molecule has 1 aromatic heterocycles. The van der Waals surface area contributed by atoms with Crippen LogP contribution in [0, 0.1) is 20.8 Å². The second-order valence-electron chi connectivity index (χ2n) is 6.64. The first-order chi connectivity index (χ1) is 12.0. The van der Waals surface area contributed by atoms with E-state index in [0.29, 0.717) is 24.5 Å². The van der Waals surface area contributed by atoms with Crippen LogP contribution in [0.25, 0.3) is 0 Å². The molecule has 25 heavy (non-hydrogen) atoms. The topological polar surface area (TPSA) is 54.7 Å². The van der Waals surface area contributed by atoms with Gasteiger partial charge >= 0.3 is 0 Å². The highest BCUT2D eigenvalue weighted by Gasteiger charge is 2.23. The molecule has 0 bridgehead atoms. The lowest BCUT2D eigenvalue weighted by molar-refractivity contribution is -0.0292. The van der Waals surface area contributed by atoms with Crippen LogP contribution >= 0.6 is 0 Å². The molecule has 0 radical (unpaired) electrons. The molecule has 1 aromatic carbocycles. The Labute approximate surface area is 149 Å². The molecule has 1 atom stereocenters. The van der Waals surface area contributed by atoms with Crippen molar-refractivity contribution in [3.8, 4) is 0 Å². The van der Waals surface area contributed by atoms with Crippen LogP contribution in [0.3, 0.4) is 0 Å². The SMILES string of the molecule is Cc1oc(C)c(C(=O)NC[C@@H]2CN(Cc3ccccc3)CCO2)c1C. The Balaban J connectivity index is 1.53. The van der Waals surface area contributed by atoms with Gasteiger partial charge in [-0.25, -0.2) is 0 Å². The molecule has 5 nitrogen and oxygen atoms in total. The average Bonchev–Trinajstić information content (AvgIpc) is 2.86. The highest BCUT2D eigenvalue weighted by molar-refractivity contribution is 5.96. The first kappa shape index (κ1) is 17.7. The van der Waals surface area contributed by atoms with E-state index in [1.165, 1.54) is 5.56 Å². The van der Waals surface area contributed by atoms with E-state index >= 15 is 0 Å². The molecule has 3 rings (SSSR count). The summed E-state index contributed by atoms with van der Waals surface area (Å²) in [5.41, 5.74) is 2.85. The molecule has 2 heterocycles. The number of furan rings is 1. The summed E-state index contributed by atoms with van der Waals surface area (Å²) in [6.45, 7) is 9.46. The van der Waals surface area contributed by atoms with Crippen molar-refractivity contribution in [3.05, 3.63) is 58.5 Å². The molecule has 1 fully saturated rings. The van der Waals surface area contributed by atoms with Gasteiger partial charge in [-0.3, -0.25) is 9.69 Å². The minimum absolute atomic E-state index is 0.00928. The van der Waals surface area contributed by atoms with Gasteiger partial charge in [0, 0.05) is 31.7 Å². The van der Waals surface area contributed by atoms with Gasteiger partial charge in [-0.2, -0.15) is 0 Å². The third-order valence-corrected chi connectivity index (χ3v) is 4.75. The number of nitrogens with one attached hydrogen (secondary N) is 1. The summed E-state index contributed by atoms with van der Waals surface area (Å²) in [7, 11) is 0. The summed E-state index contributed by atoms with van der Waals surface area (Å²) >= 11 is 0. The van der Waals surface area contributed by atoms with Crippen LogP contribution in [0.1, 0.15) is 33.0 Å². The Hall–Kier alpha value is -2.11. The predicted octanol–water partition coefficient (Wildman–Crippen LogP) is 2.84. The quantitative estimate of drug-likeness (QED) is 0.908. The van der Waals surface area contributed by atoms with E-state index in [2.05, 4.69) is 34.5 Å². The number of hydrogen-bond acceptors (Lipinski definition) is 4. The molecule has 0 saturated carbocycles. The van der Waals surface area contributed by atoms with E-state index < -0.39 is 0 Å². The standard InChI is InChI=1S/C20H26N2O3/c1-14-15(2)25-16(3)19(14)20(23)21-11-18-13-22(9-10-24-18)12-17-7-5-4-6-8-17/h4-8,18H,9-13H2,1-3H3,(H,21,23)/t18-/m1/s1. The molecule has 2 aromatic rings. The molecule has 0 spiro atoms. The summed E-state index contributed by atoms with van der Waals surface area (Å²) in [5, 5.41) is 3.00. The Morgan fingerprint density at radius 3 is 2.64 bits per heavy atom. The number of nitrogens with zero attached hydrogens (tertiary/aromatic N) is 1. The smallest absolute Gasteiger partial charge is 0.255 e. The summed E-state index contributed by atoms with van der Waals surface area (Å²) in [6.07, 6.45) is 0.00928. The summed E-state index contributed by atoms with van der Waals surface area (Å²) in [6, 6.07) is 10.4. The predicted molar refractivity (Wildman–Crippen MR) is 96.7 cm³/mol. The van der Waals surface area contributed by atoms with Crippen molar-refractivity contribution in [1.29, 1.82) is 0 Å². The van der Waals surface area contributed by atoms with E-state index in [9.17, 15) is 4.79 Å². The third-order valence-electron chi connectivity index (χ3n) is 4.75. The fourth-order valence-electron chi connectivity index (χ4n) is 3.31. The third kappa shape index (κ3) is 4.30. The van der Waals surface area contributed by atoms with E-state index in [1.54, 1.807) is 0 Å². The fraction of sp³-hybridized carbons (Fsp3) is 0.450. The van der Waals surface area contributed by atoms with Gasteiger partial charge in [-0.15, -0.1) is 0 Å². The number of carbonyl (C=O) groups excluding carboxylic acids is 1. The van der Waals surface area contributed by atoms with Crippen molar-refractivity contribution in [2.45, 2.75) is 33.4 Å². The Morgan fingerprint density at radius 1 is 1.20 bits per heavy atom. The summed E-state index contributed by atoms with van der Waals surface area (Å²) < 4.78 is 11.4. The molecule has 134 valence electrons. The number of ether oxygens (including phenoxy) is 1. The van der Waals surface area contributed by atoms with Crippen LogP contribution in [0.5, 0.6) is 0 Å². The van der Waals surface area contributed by atoms with Gasteiger partial charge in [0.05, 0.1) is 18.3 Å². The molecular weight excluding hydrogens is 316 g/mol. The molecule has 1 aliphatic rings. The van der Waals surface area contributed by atoms with Crippen molar-refractivity contribution >= 4 is 5.91 Å². The second-order valence-corrected chi connectivity index (χ2v) is 6.64. The zero-order valence-corrected chi connectivity index (χ0v) is 15.2. The van der Waals surface area contributed by atoms with Gasteiger partial charge in [0.1, 0.15) is 11.5 Å². The average molecular weight is 342 g/mol. The van der Waals surface area contributed by atoms with Crippen LogP contribution in [0.2, 0.25) is 0 Å². The molecule has 1 saturated heterocycles. The van der Waals surface area contributed by atoms with Crippen LogP contribution in [0.15, 0.2) is 34.7 Å². The lowest BCUT2D eigenvalue weighted by Gasteiger charge is -2.33. The lowest BCUT2D eigenvalue weighted by atomic mass is 10.1. The fourth-order valence-corrected chi connectivity index (χ4v) is 3.31. The van der Waals surface area contributed by atoms with Gasteiger partial charge in [0.15, 0.2) is 0 Å². The highest BCUT2D eigenvalue weighted by Crippen LogP contribution is 2.20. The number of aryl methyl sites for hydroxylation is 2. The maximum absolute atomic E-state index is 12.5. The molecule has 5 heteroatoms. The van der Waals surface area contributed by atoms with Crippen LogP contribution in [-0.2, 0) is 11.3 Å². The van der Waals surface area contributed by atoms with Gasteiger partial charge in [0.2, 0.25) is 0 Å². The Kier molecular flexibility index (Phi) is 5.56. The second kappa shape index (κ2) is 7.85. The Morgan fingerprint density at radius 2 is 1.96 bits per heavy atom. The maximum Gasteiger partial charge on any atom is 0.255 e. The first-order valence-electron chi connectivity index (χ1n) is 8.77. The van der Waals surface area contributed by atoms with Crippen LogP contribution in [0.4, 0.5) is 0 Å². The van der Waals surface area contributed by atoms with Crippen molar-refractivity contribution in [2.75, 3.05) is 26.2 Å². The van der Waals surface area contributed by atoms with E-state index in [0.717, 1.165) is 31.0 Å². The Bertz CT molecular complexity index is 724. The van der Waals surface area contributed by atoms with E-state index in [-0.39, 0.29) is 12.0 Å². The first-order valence-corrected chi connectivity index (χ1v) is 8.77. The van der Waals surface area contributed by atoms with Gasteiger partial charge in [0.25, 0.3) is 5.91 Å². The highest BCUT2D eigenvalue weighted by atomic mass is 16.5. The molecule has 1 N–H and O–H groups in total. The minimum Gasteiger partial charge on any atom is -0.466 e. The monoisotopic (exact) mass is 342 g/mol. The number of morpholine rings is 1. The number of amides is 1. The van der Waals surface area contributed by atoms with E-state index in [1.807, 2.05) is 26.8 Å². The van der Waals surface area contributed by atoms with Crippen molar-refractivity contribution < 1.29 is 13.9 Å².